The molecule has 1 aliphatic heterocycles. The molecule has 2 nitrogen and oxygen atoms in total. The molecule has 0 saturated carbocycles. The molecular formula is C13H17NO. The molecule has 1 fully saturated rings. The number of nitrogens with one attached hydrogen (secondary N) is 1. The first-order chi connectivity index (χ1) is 7.21. The number of aliphatic hydroxyl groups is 1. The lowest BCUT2D eigenvalue weighted by Gasteiger charge is -2.23. The molecule has 0 amide bonds. The summed E-state index contributed by atoms with van der Waals surface area (Å²) in [4.78, 5) is 0. The van der Waals surface area contributed by atoms with Crippen molar-refractivity contribution in [3.05, 3.63) is 34.9 Å². The van der Waals surface area contributed by atoms with Gasteiger partial charge in [-0.25, -0.2) is 0 Å². The average molecular weight is 203 g/mol. The highest BCUT2D eigenvalue weighted by molar-refractivity contribution is 5.44. The molecule has 1 saturated heterocycles. The molecule has 2 unspecified atom stereocenters. The molecule has 1 aliphatic carbocycles. The SMILES string of the molecule is Cc1ccc2c(c1)C(O)CC21CCNC1. The fourth-order valence-electron chi connectivity index (χ4n) is 3.18. The summed E-state index contributed by atoms with van der Waals surface area (Å²) in [7, 11) is 0. The van der Waals surface area contributed by atoms with Gasteiger partial charge in [-0.2, -0.15) is 0 Å². The summed E-state index contributed by atoms with van der Waals surface area (Å²) >= 11 is 0. The van der Waals surface area contributed by atoms with Gasteiger partial charge in [-0.05, 0) is 37.4 Å². The van der Waals surface area contributed by atoms with Gasteiger partial charge in [0, 0.05) is 12.0 Å². The minimum atomic E-state index is -0.250. The predicted molar refractivity (Wildman–Crippen MR) is 59.9 cm³/mol. The number of aliphatic hydroxyl groups excluding tert-OH is 1. The van der Waals surface area contributed by atoms with Crippen molar-refractivity contribution in [2.75, 3.05) is 13.1 Å². The number of rotatable bonds is 0. The third kappa shape index (κ3) is 1.25. The van der Waals surface area contributed by atoms with Gasteiger partial charge in [0.2, 0.25) is 0 Å². The molecule has 3 rings (SSSR count). The highest BCUT2D eigenvalue weighted by Gasteiger charge is 2.44. The summed E-state index contributed by atoms with van der Waals surface area (Å²) in [5, 5.41) is 13.5. The number of fused-ring (bicyclic) bond motifs is 2. The molecule has 15 heavy (non-hydrogen) atoms. The predicted octanol–water partition coefficient (Wildman–Crippen LogP) is 1.66. The summed E-state index contributed by atoms with van der Waals surface area (Å²) in [6, 6.07) is 6.53. The summed E-state index contributed by atoms with van der Waals surface area (Å²) in [5.74, 6) is 0. The second-order valence-corrected chi connectivity index (χ2v) is 5.02. The van der Waals surface area contributed by atoms with Gasteiger partial charge in [-0.1, -0.05) is 23.8 Å². The Bertz CT molecular complexity index is 394. The molecular weight excluding hydrogens is 186 g/mol. The first-order valence-electron chi connectivity index (χ1n) is 5.71. The molecule has 2 atom stereocenters. The number of benzene rings is 1. The zero-order chi connectivity index (χ0) is 10.5. The Hall–Kier alpha value is -0.860. The molecule has 0 radical (unpaired) electrons. The van der Waals surface area contributed by atoms with Crippen LogP contribution in [-0.4, -0.2) is 18.2 Å². The zero-order valence-electron chi connectivity index (χ0n) is 9.09. The first kappa shape index (κ1) is 9.37. The van der Waals surface area contributed by atoms with Crippen LogP contribution in [0, 0.1) is 6.92 Å². The van der Waals surface area contributed by atoms with Gasteiger partial charge >= 0.3 is 0 Å². The summed E-state index contributed by atoms with van der Waals surface area (Å²) in [5.41, 5.74) is 4.02. The molecule has 1 spiro atoms. The van der Waals surface area contributed by atoms with Gasteiger partial charge < -0.3 is 10.4 Å². The first-order valence-corrected chi connectivity index (χ1v) is 5.71. The number of aryl methyl sites for hydroxylation is 1. The minimum Gasteiger partial charge on any atom is -0.388 e. The maximum Gasteiger partial charge on any atom is 0.0802 e. The Morgan fingerprint density at radius 3 is 3.07 bits per heavy atom. The van der Waals surface area contributed by atoms with Gasteiger partial charge in [0.15, 0.2) is 0 Å². The molecule has 2 N–H and O–H groups in total. The van der Waals surface area contributed by atoms with Crippen LogP contribution in [0.15, 0.2) is 18.2 Å². The quantitative estimate of drug-likeness (QED) is 0.672. The van der Waals surface area contributed by atoms with Crippen molar-refractivity contribution in [2.24, 2.45) is 0 Å². The van der Waals surface area contributed by atoms with Crippen molar-refractivity contribution in [3.8, 4) is 0 Å². The zero-order valence-corrected chi connectivity index (χ0v) is 9.09. The van der Waals surface area contributed by atoms with E-state index in [-0.39, 0.29) is 11.5 Å². The van der Waals surface area contributed by atoms with Crippen molar-refractivity contribution >= 4 is 0 Å². The molecule has 2 heteroatoms. The van der Waals surface area contributed by atoms with E-state index in [2.05, 4.69) is 30.4 Å². The van der Waals surface area contributed by atoms with Gasteiger partial charge in [0.05, 0.1) is 6.10 Å². The second-order valence-electron chi connectivity index (χ2n) is 5.02. The highest BCUT2D eigenvalue weighted by Crippen LogP contribution is 2.48. The molecule has 2 aliphatic rings. The topological polar surface area (TPSA) is 32.3 Å². The van der Waals surface area contributed by atoms with Crippen LogP contribution in [0.1, 0.15) is 35.6 Å². The maximum absolute atomic E-state index is 10.1. The van der Waals surface area contributed by atoms with Crippen LogP contribution >= 0.6 is 0 Å². The standard InChI is InChI=1S/C13H17NO/c1-9-2-3-11-10(6-9)12(15)7-13(11)4-5-14-8-13/h2-3,6,12,14-15H,4-5,7-8H2,1H3. The number of hydrogen-bond donors (Lipinski definition) is 2. The second kappa shape index (κ2) is 3.06. The van der Waals surface area contributed by atoms with E-state index in [1.165, 1.54) is 23.1 Å². The lowest BCUT2D eigenvalue weighted by molar-refractivity contribution is 0.158. The minimum absolute atomic E-state index is 0.225. The van der Waals surface area contributed by atoms with Crippen LogP contribution < -0.4 is 5.32 Å². The Morgan fingerprint density at radius 2 is 2.33 bits per heavy atom. The lowest BCUT2D eigenvalue weighted by atomic mass is 9.81. The van der Waals surface area contributed by atoms with Crippen LogP contribution in [0.25, 0.3) is 0 Å². The van der Waals surface area contributed by atoms with E-state index >= 15 is 0 Å². The van der Waals surface area contributed by atoms with Crippen molar-refractivity contribution in [2.45, 2.75) is 31.3 Å². The monoisotopic (exact) mass is 203 g/mol. The Kier molecular flexibility index (Phi) is 1.91. The molecule has 1 aromatic carbocycles. The fourth-order valence-corrected chi connectivity index (χ4v) is 3.18. The fraction of sp³-hybridized carbons (Fsp3) is 0.538. The lowest BCUT2D eigenvalue weighted by Crippen LogP contribution is -2.26. The molecule has 1 heterocycles. The van der Waals surface area contributed by atoms with Crippen molar-refractivity contribution < 1.29 is 5.11 Å². The number of hydrogen-bond acceptors (Lipinski definition) is 2. The van der Waals surface area contributed by atoms with Gasteiger partial charge in [0.1, 0.15) is 0 Å². The van der Waals surface area contributed by atoms with E-state index in [9.17, 15) is 5.11 Å². The van der Waals surface area contributed by atoms with E-state index in [1.807, 2.05) is 0 Å². The Labute approximate surface area is 90.3 Å². The highest BCUT2D eigenvalue weighted by atomic mass is 16.3. The average Bonchev–Trinajstić information content (AvgIpc) is 2.76. The van der Waals surface area contributed by atoms with Crippen molar-refractivity contribution in [1.29, 1.82) is 0 Å². The van der Waals surface area contributed by atoms with Crippen LogP contribution in [0.2, 0.25) is 0 Å². The molecule has 80 valence electrons. The summed E-state index contributed by atoms with van der Waals surface area (Å²) < 4.78 is 0. The van der Waals surface area contributed by atoms with Crippen molar-refractivity contribution in [3.63, 3.8) is 0 Å². The smallest absolute Gasteiger partial charge is 0.0802 e. The summed E-state index contributed by atoms with van der Waals surface area (Å²) in [6.07, 6.45) is 1.82. The van der Waals surface area contributed by atoms with Crippen LogP contribution in [0.3, 0.4) is 0 Å². The third-order valence-electron chi connectivity index (χ3n) is 3.97. The van der Waals surface area contributed by atoms with Gasteiger partial charge in [0.25, 0.3) is 0 Å². The normalized spacial score (nSPS) is 33.6. The molecule has 0 bridgehead atoms. The Balaban J connectivity index is 2.13. The van der Waals surface area contributed by atoms with E-state index in [4.69, 9.17) is 0 Å². The van der Waals surface area contributed by atoms with E-state index in [0.29, 0.717) is 0 Å². The van der Waals surface area contributed by atoms with Gasteiger partial charge in [-0.3, -0.25) is 0 Å². The van der Waals surface area contributed by atoms with Crippen LogP contribution in [0.4, 0.5) is 0 Å². The van der Waals surface area contributed by atoms with E-state index < -0.39 is 0 Å². The summed E-state index contributed by atoms with van der Waals surface area (Å²) in [6.45, 7) is 4.20. The maximum atomic E-state index is 10.1. The molecule has 0 aromatic heterocycles. The van der Waals surface area contributed by atoms with Crippen LogP contribution in [-0.2, 0) is 5.41 Å². The largest absolute Gasteiger partial charge is 0.388 e. The van der Waals surface area contributed by atoms with Gasteiger partial charge in [-0.15, -0.1) is 0 Å². The molecule has 1 aromatic rings. The van der Waals surface area contributed by atoms with Crippen LogP contribution in [0.5, 0.6) is 0 Å². The third-order valence-corrected chi connectivity index (χ3v) is 3.97. The van der Waals surface area contributed by atoms with E-state index in [1.54, 1.807) is 0 Å². The Morgan fingerprint density at radius 1 is 1.47 bits per heavy atom. The van der Waals surface area contributed by atoms with E-state index in [0.717, 1.165) is 19.5 Å². The van der Waals surface area contributed by atoms with Crippen molar-refractivity contribution in [1.82, 2.24) is 5.32 Å².